The minimum atomic E-state index is -2.95. The van der Waals surface area contributed by atoms with Gasteiger partial charge >= 0.3 is 6.61 Å². The third-order valence-electron chi connectivity index (χ3n) is 2.99. The van der Waals surface area contributed by atoms with E-state index in [0.717, 1.165) is 0 Å². The van der Waals surface area contributed by atoms with E-state index in [1.54, 1.807) is 25.4 Å². The number of carbonyl (C=O) groups excluding carboxylic acids is 1. The van der Waals surface area contributed by atoms with E-state index in [-0.39, 0.29) is 18.2 Å². The number of benzene rings is 1. The SMILES string of the molecule is CC(C(=O)NCc1cc(Cl)ccc1OC(F)F)n1cccn1. The van der Waals surface area contributed by atoms with Gasteiger partial charge < -0.3 is 10.1 Å². The van der Waals surface area contributed by atoms with Crippen LogP contribution in [0.5, 0.6) is 5.75 Å². The van der Waals surface area contributed by atoms with Crippen molar-refractivity contribution < 1.29 is 18.3 Å². The lowest BCUT2D eigenvalue weighted by atomic mass is 10.2. The molecule has 5 nitrogen and oxygen atoms in total. The largest absolute Gasteiger partial charge is 0.434 e. The van der Waals surface area contributed by atoms with Crippen LogP contribution in [0.3, 0.4) is 0 Å². The molecular weight excluding hydrogens is 316 g/mol. The Balaban J connectivity index is 2.04. The van der Waals surface area contributed by atoms with Crippen LogP contribution < -0.4 is 10.1 Å². The second-order valence-corrected chi connectivity index (χ2v) is 4.95. The first-order chi connectivity index (χ1) is 10.5. The van der Waals surface area contributed by atoms with Crippen molar-refractivity contribution in [2.75, 3.05) is 0 Å². The van der Waals surface area contributed by atoms with Crippen molar-refractivity contribution in [1.29, 1.82) is 0 Å². The average molecular weight is 330 g/mol. The maximum atomic E-state index is 12.4. The molecule has 118 valence electrons. The summed E-state index contributed by atoms with van der Waals surface area (Å²) >= 11 is 5.84. The van der Waals surface area contributed by atoms with Crippen molar-refractivity contribution in [3.8, 4) is 5.75 Å². The molecule has 1 aromatic heterocycles. The van der Waals surface area contributed by atoms with Gasteiger partial charge in [0.25, 0.3) is 0 Å². The Bertz CT molecular complexity index is 635. The van der Waals surface area contributed by atoms with Crippen LogP contribution in [0, 0.1) is 0 Å². The monoisotopic (exact) mass is 329 g/mol. The van der Waals surface area contributed by atoms with E-state index in [4.69, 9.17) is 11.6 Å². The van der Waals surface area contributed by atoms with Gasteiger partial charge in [0.15, 0.2) is 0 Å². The summed E-state index contributed by atoms with van der Waals surface area (Å²) in [7, 11) is 0. The summed E-state index contributed by atoms with van der Waals surface area (Å²) in [6.45, 7) is -1.25. The van der Waals surface area contributed by atoms with E-state index in [1.807, 2.05) is 0 Å². The minimum absolute atomic E-state index is 0.0209. The number of aromatic nitrogens is 2. The highest BCUT2D eigenvalue weighted by molar-refractivity contribution is 6.30. The third-order valence-corrected chi connectivity index (χ3v) is 3.23. The highest BCUT2D eigenvalue weighted by atomic mass is 35.5. The van der Waals surface area contributed by atoms with Crippen molar-refractivity contribution in [3.63, 3.8) is 0 Å². The molecule has 0 saturated heterocycles. The molecule has 0 spiro atoms. The molecule has 0 aliphatic carbocycles. The number of nitrogens with one attached hydrogen (secondary N) is 1. The lowest BCUT2D eigenvalue weighted by Gasteiger charge is -2.15. The summed E-state index contributed by atoms with van der Waals surface area (Å²) in [4.78, 5) is 12.0. The Hall–Kier alpha value is -2.15. The van der Waals surface area contributed by atoms with Gasteiger partial charge in [-0.2, -0.15) is 13.9 Å². The molecule has 1 N–H and O–H groups in total. The van der Waals surface area contributed by atoms with Crippen LogP contribution in [0.1, 0.15) is 18.5 Å². The number of ether oxygens (including phenoxy) is 1. The topological polar surface area (TPSA) is 56.1 Å². The summed E-state index contributed by atoms with van der Waals surface area (Å²) in [5.74, 6) is -0.321. The van der Waals surface area contributed by atoms with Crippen molar-refractivity contribution in [1.82, 2.24) is 15.1 Å². The zero-order valence-electron chi connectivity index (χ0n) is 11.7. The lowest BCUT2D eigenvalue weighted by molar-refractivity contribution is -0.124. The quantitative estimate of drug-likeness (QED) is 0.886. The molecule has 2 rings (SSSR count). The van der Waals surface area contributed by atoms with Gasteiger partial charge in [-0.25, -0.2) is 0 Å². The Morgan fingerprint density at radius 1 is 1.50 bits per heavy atom. The summed E-state index contributed by atoms with van der Waals surface area (Å²) in [5.41, 5.74) is 0.369. The van der Waals surface area contributed by atoms with E-state index >= 15 is 0 Å². The Kier molecular flexibility index (Phi) is 5.32. The number of amides is 1. The van der Waals surface area contributed by atoms with Crippen molar-refractivity contribution >= 4 is 17.5 Å². The highest BCUT2D eigenvalue weighted by Gasteiger charge is 2.16. The summed E-state index contributed by atoms with van der Waals surface area (Å²) < 4.78 is 30.6. The Labute approximate surface area is 130 Å². The second-order valence-electron chi connectivity index (χ2n) is 4.51. The molecule has 1 aromatic carbocycles. The summed E-state index contributed by atoms with van der Waals surface area (Å²) in [5, 5.41) is 6.99. The minimum Gasteiger partial charge on any atom is -0.434 e. The van der Waals surface area contributed by atoms with Crippen LogP contribution >= 0.6 is 11.6 Å². The normalized spacial score (nSPS) is 12.2. The van der Waals surface area contributed by atoms with Crippen LogP contribution in [-0.4, -0.2) is 22.3 Å². The molecule has 0 aliphatic heterocycles. The van der Waals surface area contributed by atoms with Gasteiger partial charge in [0.2, 0.25) is 5.91 Å². The zero-order valence-corrected chi connectivity index (χ0v) is 12.4. The average Bonchev–Trinajstić information content (AvgIpc) is 3.00. The first-order valence-corrected chi connectivity index (χ1v) is 6.85. The van der Waals surface area contributed by atoms with Gasteiger partial charge in [-0.1, -0.05) is 11.6 Å². The van der Waals surface area contributed by atoms with Gasteiger partial charge in [-0.05, 0) is 31.2 Å². The first-order valence-electron chi connectivity index (χ1n) is 6.47. The van der Waals surface area contributed by atoms with Crippen molar-refractivity contribution in [3.05, 3.63) is 47.2 Å². The van der Waals surface area contributed by atoms with Crippen LogP contribution in [0.15, 0.2) is 36.7 Å². The molecular formula is C14H14ClF2N3O2. The number of nitrogens with zero attached hydrogens (tertiary/aromatic N) is 2. The number of carbonyl (C=O) groups is 1. The van der Waals surface area contributed by atoms with E-state index in [2.05, 4.69) is 15.2 Å². The van der Waals surface area contributed by atoms with Crippen LogP contribution in [0.25, 0.3) is 0 Å². The second kappa shape index (κ2) is 7.22. The fraction of sp³-hybridized carbons (Fsp3) is 0.286. The van der Waals surface area contributed by atoms with Gasteiger partial charge in [-0.15, -0.1) is 0 Å². The molecule has 0 bridgehead atoms. The number of alkyl halides is 2. The lowest BCUT2D eigenvalue weighted by Crippen LogP contribution is -2.31. The third kappa shape index (κ3) is 4.17. The number of halogens is 3. The van der Waals surface area contributed by atoms with Crippen molar-refractivity contribution in [2.45, 2.75) is 26.1 Å². The molecule has 0 saturated carbocycles. The van der Waals surface area contributed by atoms with E-state index in [1.165, 1.54) is 22.9 Å². The number of hydrogen-bond donors (Lipinski definition) is 1. The van der Waals surface area contributed by atoms with Crippen LogP contribution in [0.2, 0.25) is 5.02 Å². The molecule has 22 heavy (non-hydrogen) atoms. The first kappa shape index (κ1) is 16.2. The molecule has 1 atom stereocenters. The van der Waals surface area contributed by atoms with E-state index < -0.39 is 12.7 Å². The standard InChI is InChI=1S/C14H14ClF2N3O2/c1-9(20-6-2-5-19-20)13(21)18-8-10-7-11(15)3-4-12(10)22-14(16)17/h2-7,9,14H,8H2,1H3,(H,18,21). The van der Waals surface area contributed by atoms with Crippen LogP contribution in [-0.2, 0) is 11.3 Å². The van der Waals surface area contributed by atoms with Gasteiger partial charge in [0, 0.05) is 29.5 Å². The van der Waals surface area contributed by atoms with Crippen molar-refractivity contribution in [2.24, 2.45) is 0 Å². The Morgan fingerprint density at radius 2 is 2.27 bits per heavy atom. The molecule has 1 amide bonds. The summed E-state index contributed by atoms with van der Waals surface area (Å²) in [6.07, 6.45) is 3.23. The smallest absolute Gasteiger partial charge is 0.387 e. The van der Waals surface area contributed by atoms with E-state index in [9.17, 15) is 13.6 Å². The predicted octanol–water partition coefficient (Wildman–Crippen LogP) is 3.02. The molecule has 8 heteroatoms. The number of hydrogen-bond acceptors (Lipinski definition) is 3. The highest BCUT2D eigenvalue weighted by Crippen LogP contribution is 2.24. The molecule has 0 aliphatic rings. The fourth-order valence-electron chi connectivity index (χ4n) is 1.86. The maximum Gasteiger partial charge on any atom is 0.387 e. The molecule has 2 aromatic rings. The van der Waals surface area contributed by atoms with Gasteiger partial charge in [0.1, 0.15) is 11.8 Å². The predicted molar refractivity (Wildman–Crippen MR) is 76.9 cm³/mol. The molecule has 0 radical (unpaired) electrons. The van der Waals surface area contributed by atoms with Gasteiger partial charge in [0.05, 0.1) is 0 Å². The molecule has 0 fully saturated rings. The maximum absolute atomic E-state index is 12.4. The Morgan fingerprint density at radius 3 is 2.91 bits per heavy atom. The number of rotatable bonds is 6. The summed E-state index contributed by atoms with van der Waals surface area (Å²) in [6, 6.07) is 5.44. The van der Waals surface area contributed by atoms with Gasteiger partial charge in [-0.3, -0.25) is 9.48 Å². The van der Waals surface area contributed by atoms with E-state index in [0.29, 0.717) is 10.6 Å². The fourth-order valence-corrected chi connectivity index (χ4v) is 2.05. The zero-order chi connectivity index (χ0) is 16.1. The van der Waals surface area contributed by atoms with Crippen LogP contribution in [0.4, 0.5) is 8.78 Å². The molecule has 1 heterocycles. The molecule has 1 unspecified atom stereocenters.